The van der Waals surface area contributed by atoms with Crippen molar-refractivity contribution in [3.8, 4) is 11.5 Å². The molecule has 0 aliphatic carbocycles. The van der Waals surface area contributed by atoms with Crippen molar-refractivity contribution < 1.29 is 24.1 Å². The fourth-order valence-corrected chi connectivity index (χ4v) is 1.80. The molecule has 0 saturated carbocycles. The lowest BCUT2D eigenvalue weighted by Crippen LogP contribution is -2.04. The highest BCUT2D eigenvalue weighted by Crippen LogP contribution is 2.35. The Morgan fingerprint density at radius 3 is 2.30 bits per heavy atom. The van der Waals surface area contributed by atoms with E-state index in [4.69, 9.17) is 4.74 Å². The Kier molecular flexibility index (Phi) is 4.50. The van der Waals surface area contributed by atoms with E-state index < -0.39 is 27.2 Å². The highest BCUT2D eigenvalue weighted by Gasteiger charge is 2.22. The molecule has 0 bridgehead atoms. The molecule has 0 unspecified atom stereocenters. The van der Waals surface area contributed by atoms with E-state index in [2.05, 4.69) is 4.74 Å². The molecule has 0 aliphatic rings. The number of methoxy groups -OCH3 is 1. The molecule has 0 spiro atoms. The molecule has 0 aliphatic heterocycles. The molecule has 2 aromatic carbocycles. The van der Waals surface area contributed by atoms with Gasteiger partial charge in [-0.3, -0.25) is 20.2 Å². The zero-order chi connectivity index (χ0) is 17.0. The lowest BCUT2D eigenvalue weighted by atomic mass is 10.2. The van der Waals surface area contributed by atoms with Crippen molar-refractivity contribution in [3.63, 3.8) is 0 Å². The molecule has 0 amide bonds. The van der Waals surface area contributed by atoms with Crippen LogP contribution in [0, 0.1) is 20.2 Å². The highest BCUT2D eigenvalue weighted by molar-refractivity contribution is 5.92. The zero-order valence-corrected chi connectivity index (χ0v) is 11.8. The summed E-state index contributed by atoms with van der Waals surface area (Å²) in [7, 11) is 1.19. The summed E-state index contributed by atoms with van der Waals surface area (Å²) in [5.74, 6) is -0.863. The molecular formula is C14H10N2O7. The fourth-order valence-electron chi connectivity index (χ4n) is 1.80. The van der Waals surface area contributed by atoms with Gasteiger partial charge >= 0.3 is 11.7 Å². The summed E-state index contributed by atoms with van der Waals surface area (Å²) < 4.78 is 10.00. The van der Waals surface area contributed by atoms with Crippen LogP contribution in [0.4, 0.5) is 11.4 Å². The largest absolute Gasteiger partial charge is 0.465 e. The first kappa shape index (κ1) is 15.9. The Morgan fingerprint density at radius 1 is 1.00 bits per heavy atom. The standard InChI is InChI=1S/C14H10N2O7/c1-22-14(17)10-4-2-3-5-12(10)23-13-7-6-9(15(18)19)8-11(13)16(20)21/h2-8H,1H3. The summed E-state index contributed by atoms with van der Waals surface area (Å²) in [4.78, 5) is 31.9. The average molecular weight is 318 g/mol. The average Bonchev–Trinajstić information content (AvgIpc) is 2.54. The van der Waals surface area contributed by atoms with E-state index in [1.807, 2.05) is 0 Å². The van der Waals surface area contributed by atoms with Gasteiger partial charge < -0.3 is 9.47 Å². The van der Waals surface area contributed by atoms with Crippen LogP contribution in [0.5, 0.6) is 11.5 Å². The van der Waals surface area contributed by atoms with Crippen molar-refractivity contribution >= 4 is 17.3 Å². The second kappa shape index (κ2) is 6.52. The van der Waals surface area contributed by atoms with E-state index in [9.17, 15) is 25.0 Å². The molecule has 0 fully saturated rings. The quantitative estimate of drug-likeness (QED) is 0.471. The minimum Gasteiger partial charge on any atom is -0.465 e. The highest BCUT2D eigenvalue weighted by atomic mass is 16.6. The minimum absolute atomic E-state index is 0.0382. The number of hydrogen-bond acceptors (Lipinski definition) is 7. The van der Waals surface area contributed by atoms with Gasteiger partial charge in [-0.05, 0) is 18.2 Å². The van der Waals surface area contributed by atoms with E-state index in [0.717, 1.165) is 18.2 Å². The van der Waals surface area contributed by atoms with Gasteiger partial charge in [-0.15, -0.1) is 0 Å². The number of rotatable bonds is 5. The number of hydrogen-bond donors (Lipinski definition) is 0. The van der Waals surface area contributed by atoms with E-state index in [-0.39, 0.29) is 17.1 Å². The Labute approximate surface area is 129 Å². The smallest absolute Gasteiger partial charge is 0.341 e. The molecule has 23 heavy (non-hydrogen) atoms. The van der Waals surface area contributed by atoms with Gasteiger partial charge in [-0.2, -0.15) is 0 Å². The first-order valence-electron chi connectivity index (χ1n) is 6.22. The fraction of sp³-hybridized carbons (Fsp3) is 0.0714. The molecule has 118 valence electrons. The monoisotopic (exact) mass is 318 g/mol. The molecule has 2 aromatic rings. The van der Waals surface area contributed by atoms with Crippen LogP contribution in [0.1, 0.15) is 10.4 Å². The van der Waals surface area contributed by atoms with Gasteiger partial charge in [0.1, 0.15) is 11.3 Å². The Hall–Kier alpha value is -3.49. The summed E-state index contributed by atoms with van der Waals surface area (Å²) in [6.07, 6.45) is 0. The number of non-ortho nitro benzene ring substituents is 1. The van der Waals surface area contributed by atoms with Crippen molar-refractivity contribution in [3.05, 3.63) is 68.3 Å². The molecule has 0 radical (unpaired) electrons. The van der Waals surface area contributed by atoms with Crippen molar-refractivity contribution in [1.29, 1.82) is 0 Å². The van der Waals surface area contributed by atoms with Crippen LogP contribution in [-0.2, 0) is 4.74 Å². The van der Waals surface area contributed by atoms with Gasteiger partial charge in [0.25, 0.3) is 5.69 Å². The number of esters is 1. The van der Waals surface area contributed by atoms with Gasteiger partial charge in [0.2, 0.25) is 5.75 Å². The molecule has 2 rings (SSSR count). The lowest BCUT2D eigenvalue weighted by Gasteiger charge is -2.09. The van der Waals surface area contributed by atoms with Gasteiger partial charge in [0.15, 0.2) is 0 Å². The van der Waals surface area contributed by atoms with E-state index in [1.165, 1.54) is 19.2 Å². The van der Waals surface area contributed by atoms with Gasteiger partial charge in [0, 0.05) is 6.07 Å². The summed E-state index contributed by atoms with van der Waals surface area (Å²) in [5, 5.41) is 21.8. The molecule has 0 heterocycles. The third kappa shape index (κ3) is 3.40. The maximum absolute atomic E-state index is 11.7. The molecular weight excluding hydrogens is 308 g/mol. The van der Waals surface area contributed by atoms with Crippen molar-refractivity contribution in [2.24, 2.45) is 0 Å². The number of carbonyl (C=O) groups is 1. The first-order chi connectivity index (χ1) is 10.9. The van der Waals surface area contributed by atoms with Crippen LogP contribution >= 0.6 is 0 Å². The van der Waals surface area contributed by atoms with E-state index >= 15 is 0 Å². The summed E-state index contributed by atoms with van der Waals surface area (Å²) >= 11 is 0. The molecule has 9 nitrogen and oxygen atoms in total. The SMILES string of the molecule is COC(=O)c1ccccc1Oc1ccc([N+](=O)[O-])cc1[N+](=O)[O-]. The maximum Gasteiger partial charge on any atom is 0.341 e. The van der Waals surface area contributed by atoms with Crippen LogP contribution in [0.15, 0.2) is 42.5 Å². The van der Waals surface area contributed by atoms with Crippen LogP contribution in [0.2, 0.25) is 0 Å². The number of para-hydroxylation sites is 1. The third-order valence-corrected chi connectivity index (χ3v) is 2.86. The molecule has 0 atom stereocenters. The number of nitro groups is 2. The number of nitrogens with zero attached hydrogens (tertiary/aromatic N) is 2. The zero-order valence-electron chi connectivity index (χ0n) is 11.8. The Morgan fingerprint density at radius 2 is 1.70 bits per heavy atom. The summed E-state index contributed by atoms with van der Waals surface area (Å²) in [6, 6.07) is 8.96. The van der Waals surface area contributed by atoms with Crippen molar-refractivity contribution in [2.45, 2.75) is 0 Å². The molecule has 0 aromatic heterocycles. The van der Waals surface area contributed by atoms with Gasteiger partial charge in [0.05, 0.1) is 23.0 Å². The number of carbonyl (C=O) groups excluding carboxylic acids is 1. The lowest BCUT2D eigenvalue weighted by molar-refractivity contribution is -0.394. The third-order valence-electron chi connectivity index (χ3n) is 2.86. The molecule has 0 saturated heterocycles. The topological polar surface area (TPSA) is 122 Å². The Bertz CT molecular complexity index is 788. The van der Waals surface area contributed by atoms with Crippen LogP contribution in [-0.4, -0.2) is 22.9 Å². The number of nitro benzene ring substituents is 2. The molecule has 9 heteroatoms. The summed E-state index contributed by atoms with van der Waals surface area (Å²) in [5.41, 5.74) is -0.952. The first-order valence-corrected chi connectivity index (χ1v) is 6.22. The number of benzene rings is 2. The summed E-state index contributed by atoms with van der Waals surface area (Å²) in [6.45, 7) is 0. The predicted octanol–water partition coefficient (Wildman–Crippen LogP) is 3.08. The van der Waals surface area contributed by atoms with Gasteiger partial charge in [-0.25, -0.2) is 4.79 Å². The van der Waals surface area contributed by atoms with Crippen molar-refractivity contribution in [1.82, 2.24) is 0 Å². The second-order valence-electron chi connectivity index (χ2n) is 4.26. The van der Waals surface area contributed by atoms with E-state index in [1.54, 1.807) is 12.1 Å². The minimum atomic E-state index is -0.802. The van der Waals surface area contributed by atoms with Crippen molar-refractivity contribution in [2.75, 3.05) is 7.11 Å². The molecule has 0 N–H and O–H groups in total. The van der Waals surface area contributed by atoms with Crippen LogP contribution < -0.4 is 4.74 Å². The predicted molar refractivity (Wildman–Crippen MR) is 77.6 cm³/mol. The maximum atomic E-state index is 11.7. The van der Waals surface area contributed by atoms with E-state index in [0.29, 0.717) is 0 Å². The van der Waals surface area contributed by atoms with Gasteiger partial charge in [-0.1, -0.05) is 12.1 Å². The number of ether oxygens (including phenoxy) is 2. The van der Waals surface area contributed by atoms with Crippen LogP contribution in [0.3, 0.4) is 0 Å². The Balaban J connectivity index is 2.47. The second-order valence-corrected chi connectivity index (χ2v) is 4.26. The normalized spacial score (nSPS) is 9.96. The van der Waals surface area contributed by atoms with Crippen LogP contribution in [0.25, 0.3) is 0 Å².